The molecule has 1 amide bonds. The van der Waals surface area contributed by atoms with E-state index in [1.54, 1.807) is 30.3 Å². The molecule has 0 bridgehead atoms. The van der Waals surface area contributed by atoms with E-state index in [1.807, 2.05) is 0 Å². The van der Waals surface area contributed by atoms with Gasteiger partial charge in [-0.3, -0.25) is 4.79 Å². The van der Waals surface area contributed by atoms with Crippen LogP contribution in [0, 0.1) is 0 Å². The van der Waals surface area contributed by atoms with Gasteiger partial charge in [0.25, 0.3) is 5.91 Å². The number of aromatic nitrogens is 1. The summed E-state index contributed by atoms with van der Waals surface area (Å²) in [6, 6.07) is 8.28. The fraction of sp³-hybridized carbons (Fsp3) is 0.278. The van der Waals surface area contributed by atoms with Gasteiger partial charge < -0.3 is 19.7 Å². The number of halogens is 1. The Morgan fingerprint density at radius 2 is 2.04 bits per heavy atom. The number of morpholine rings is 1. The van der Waals surface area contributed by atoms with Gasteiger partial charge in [-0.2, -0.15) is 0 Å². The molecular formula is C18H18ClN3O4. The number of methoxy groups -OCH3 is 1. The Hall–Kier alpha value is -2.64. The molecule has 3 rings (SSSR count). The first-order chi connectivity index (χ1) is 12.6. The molecule has 26 heavy (non-hydrogen) atoms. The first-order valence-electron chi connectivity index (χ1n) is 8.07. The predicted octanol–water partition coefficient (Wildman–Crippen LogP) is 2.61. The molecule has 8 heteroatoms. The van der Waals surface area contributed by atoms with Gasteiger partial charge in [-0.25, -0.2) is 9.78 Å². The molecule has 1 fully saturated rings. The van der Waals surface area contributed by atoms with Crippen LogP contribution in [0.1, 0.15) is 20.7 Å². The normalized spacial score (nSPS) is 14.0. The summed E-state index contributed by atoms with van der Waals surface area (Å²) in [6.45, 7) is 2.57. The van der Waals surface area contributed by atoms with Crippen molar-refractivity contribution in [3.8, 4) is 0 Å². The SMILES string of the molecule is COC(=O)c1ccc(N2CCOCC2)c(NC(=O)c2cccnc2Cl)c1. The third-order valence-electron chi connectivity index (χ3n) is 4.02. The van der Waals surface area contributed by atoms with Crippen molar-refractivity contribution in [2.24, 2.45) is 0 Å². The summed E-state index contributed by atoms with van der Waals surface area (Å²) in [4.78, 5) is 30.5. The summed E-state index contributed by atoms with van der Waals surface area (Å²) < 4.78 is 10.1. The third kappa shape index (κ3) is 3.95. The van der Waals surface area contributed by atoms with E-state index in [2.05, 4.69) is 15.2 Å². The van der Waals surface area contributed by atoms with Crippen LogP contribution in [-0.4, -0.2) is 50.3 Å². The Bertz CT molecular complexity index is 822. The van der Waals surface area contributed by atoms with E-state index in [4.69, 9.17) is 21.1 Å². The lowest BCUT2D eigenvalue weighted by Crippen LogP contribution is -2.36. The number of hydrogen-bond donors (Lipinski definition) is 1. The molecular weight excluding hydrogens is 358 g/mol. The highest BCUT2D eigenvalue weighted by atomic mass is 35.5. The molecule has 1 saturated heterocycles. The van der Waals surface area contributed by atoms with E-state index in [0.717, 1.165) is 5.69 Å². The summed E-state index contributed by atoms with van der Waals surface area (Å²) in [7, 11) is 1.31. The highest BCUT2D eigenvalue weighted by molar-refractivity contribution is 6.33. The van der Waals surface area contributed by atoms with Gasteiger partial charge in [-0.15, -0.1) is 0 Å². The number of nitrogens with zero attached hydrogens (tertiary/aromatic N) is 2. The lowest BCUT2D eigenvalue weighted by molar-refractivity contribution is 0.0600. The monoisotopic (exact) mass is 375 g/mol. The van der Waals surface area contributed by atoms with E-state index >= 15 is 0 Å². The molecule has 0 atom stereocenters. The second-order valence-electron chi connectivity index (χ2n) is 5.62. The standard InChI is InChI=1S/C18H18ClN3O4/c1-25-18(24)12-4-5-15(22-7-9-26-10-8-22)14(11-12)21-17(23)13-3-2-6-20-16(13)19/h2-6,11H,7-10H2,1H3,(H,21,23). The first-order valence-corrected chi connectivity index (χ1v) is 8.45. The van der Waals surface area contributed by atoms with Crippen LogP contribution in [0.4, 0.5) is 11.4 Å². The zero-order valence-electron chi connectivity index (χ0n) is 14.2. The van der Waals surface area contributed by atoms with Crippen molar-refractivity contribution in [1.82, 2.24) is 4.98 Å². The van der Waals surface area contributed by atoms with Crippen LogP contribution < -0.4 is 10.2 Å². The van der Waals surface area contributed by atoms with E-state index < -0.39 is 11.9 Å². The molecule has 1 aromatic heterocycles. The third-order valence-corrected chi connectivity index (χ3v) is 4.32. The van der Waals surface area contributed by atoms with Crippen LogP contribution >= 0.6 is 11.6 Å². The summed E-state index contributed by atoms with van der Waals surface area (Å²) in [6.07, 6.45) is 1.51. The average Bonchev–Trinajstić information content (AvgIpc) is 2.68. The summed E-state index contributed by atoms with van der Waals surface area (Å²) in [5.41, 5.74) is 1.90. The quantitative estimate of drug-likeness (QED) is 0.653. The predicted molar refractivity (Wildman–Crippen MR) is 98.0 cm³/mol. The van der Waals surface area contributed by atoms with Crippen LogP contribution in [0.3, 0.4) is 0 Å². The molecule has 0 unspecified atom stereocenters. The Morgan fingerprint density at radius 1 is 1.27 bits per heavy atom. The van der Waals surface area contributed by atoms with Crippen molar-refractivity contribution < 1.29 is 19.1 Å². The van der Waals surface area contributed by atoms with Crippen LogP contribution in [0.5, 0.6) is 0 Å². The molecule has 0 saturated carbocycles. The smallest absolute Gasteiger partial charge is 0.337 e. The Balaban J connectivity index is 1.94. The molecule has 1 N–H and O–H groups in total. The molecule has 0 aliphatic carbocycles. The number of carbonyl (C=O) groups excluding carboxylic acids is 2. The number of benzene rings is 1. The number of pyridine rings is 1. The first kappa shape index (κ1) is 18.2. The minimum atomic E-state index is -0.478. The van der Waals surface area contributed by atoms with Crippen molar-refractivity contribution in [3.63, 3.8) is 0 Å². The van der Waals surface area contributed by atoms with Gasteiger partial charge in [0.1, 0.15) is 5.15 Å². The van der Waals surface area contributed by atoms with Crippen molar-refractivity contribution >= 4 is 34.9 Å². The topological polar surface area (TPSA) is 80.8 Å². The van der Waals surface area contributed by atoms with Crippen LogP contribution in [-0.2, 0) is 9.47 Å². The second kappa shape index (κ2) is 8.16. The summed E-state index contributed by atoms with van der Waals surface area (Å²) in [5.74, 6) is -0.881. The maximum absolute atomic E-state index is 12.6. The number of hydrogen-bond acceptors (Lipinski definition) is 6. The van der Waals surface area contributed by atoms with E-state index in [-0.39, 0.29) is 10.7 Å². The molecule has 1 aliphatic rings. The van der Waals surface area contributed by atoms with Gasteiger partial charge in [0.2, 0.25) is 0 Å². The highest BCUT2D eigenvalue weighted by Crippen LogP contribution is 2.29. The van der Waals surface area contributed by atoms with E-state index in [1.165, 1.54) is 13.3 Å². The van der Waals surface area contributed by atoms with E-state index in [0.29, 0.717) is 37.6 Å². The Labute approximate surface area is 155 Å². The maximum atomic E-state index is 12.6. The number of esters is 1. The lowest BCUT2D eigenvalue weighted by Gasteiger charge is -2.30. The van der Waals surface area contributed by atoms with Gasteiger partial charge >= 0.3 is 5.97 Å². The number of carbonyl (C=O) groups is 2. The van der Waals surface area contributed by atoms with Crippen LogP contribution in [0.15, 0.2) is 36.5 Å². The molecule has 0 spiro atoms. The van der Waals surface area contributed by atoms with Crippen LogP contribution in [0.2, 0.25) is 5.15 Å². The largest absolute Gasteiger partial charge is 0.465 e. The van der Waals surface area contributed by atoms with Crippen molar-refractivity contribution in [2.75, 3.05) is 43.6 Å². The van der Waals surface area contributed by atoms with Crippen molar-refractivity contribution in [3.05, 3.63) is 52.8 Å². The van der Waals surface area contributed by atoms with Gasteiger partial charge in [-0.05, 0) is 30.3 Å². The molecule has 1 aliphatic heterocycles. The van der Waals surface area contributed by atoms with Gasteiger partial charge in [0, 0.05) is 19.3 Å². The maximum Gasteiger partial charge on any atom is 0.337 e. The number of nitrogens with one attached hydrogen (secondary N) is 1. The number of ether oxygens (including phenoxy) is 2. The Kier molecular flexibility index (Phi) is 5.70. The van der Waals surface area contributed by atoms with E-state index in [9.17, 15) is 9.59 Å². The lowest BCUT2D eigenvalue weighted by atomic mass is 10.1. The second-order valence-corrected chi connectivity index (χ2v) is 5.98. The molecule has 2 heterocycles. The van der Waals surface area contributed by atoms with Gasteiger partial charge in [-0.1, -0.05) is 11.6 Å². The zero-order valence-corrected chi connectivity index (χ0v) is 15.0. The van der Waals surface area contributed by atoms with Gasteiger partial charge in [0.05, 0.1) is 42.8 Å². The molecule has 136 valence electrons. The number of rotatable bonds is 4. The Morgan fingerprint density at radius 3 is 2.73 bits per heavy atom. The molecule has 0 radical (unpaired) electrons. The summed E-state index contributed by atoms with van der Waals surface area (Å²) in [5, 5.41) is 2.94. The molecule has 1 aromatic carbocycles. The van der Waals surface area contributed by atoms with Crippen molar-refractivity contribution in [2.45, 2.75) is 0 Å². The fourth-order valence-corrected chi connectivity index (χ4v) is 2.91. The van der Waals surface area contributed by atoms with Crippen LogP contribution in [0.25, 0.3) is 0 Å². The minimum absolute atomic E-state index is 0.113. The highest BCUT2D eigenvalue weighted by Gasteiger charge is 2.20. The molecule has 2 aromatic rings. The number of amides is 1. The zero-order chi connectivity index (χ0) is 18.5. The average molecular weight is 376 g/mol. The fourth-order valence-electron chi connectivity index (χ4n) is 2.71. The summed E-state index contributed by atoms with van der Waals surface area (Å²) >= 11 is 6.00. The minimum Gasteiger partial charge on any atom is -0.465 e. The molecule has 7 nitrogen and oxygen atoms in total. The number of anilines is 2. The van der Waals surface area contributed by atoms with Crippen molar-refractivity contribution in [1.29, 1.82) is 0 Å². The van der Waals surface area contributed by atoms with Gasteiger partial charge in [0.15, 0.2) is 0 Å².